The number of rotatable bonds is 2. The minimum absolute atomic E-state index is 0.0892. The minimum Gasteiger partial charge on any atom is -0.420 e. The van der Waals surface area contributed by atoms with Gasteiger partial charge in [0.05, 0.1) is 11.5 Å². The maximum Gasteiger partial charge on any atom is 0.250 e. The highest BCUT2D eigenvalue weighted by molar-refractivity contribution is 5.73. The van der Waals surface area contributed by atoms with Crippen LogP contribution in [0.1, 0.15) is 37.4 Å². The summed E-state index contributed by atoms with van der Waals surface area (Å²) in [7, 11) is 0. The second-order valence-corrected chi connectivity index (χ2v) is 5.27. The summed E-state index contributed by atoms with van der Waals surface area (Å²) in [6.07, 6.45) is 5.25. The van der Waals surface area contributed by atoms with Crippen molar-refractivity contribution in [3.8, 4) is 11.5 Å². The van der Waals surface area contributed by atoms with Crippen LogP contribution in [0.4, 0.5) is 0 Å². The lowest BCUT2D eigenvalue weighted by atomic mass is 9.98. The summed E-state index contributed by atoms with van der Waals surface area (Å²) >= 11 is 0. The molecule has 7 heteroatoms. The molecular weight excluding hydrogens is 270 g/mol. The zero-order valence-corrected chi connectivity index (χ0v) is 12.1. The number of piperidine rings is 1. The van der Waals surface area contributed by atoms with Gasteiger partial charge in [-0.25, -0.2) is 9.97 Å². The van der Waals surface area contributed by atoms with Gasteiger partial charge in [0.2, 0.25) is 11.8 Å². The predicted octanol–water partition coefficient (Wildman–Crippen LogP) is 1.56. The standard InChI is InChI=1S/C14H17N5O2/c1-9-15-6-12(7-16-9)14-18-17-13(21-14)11-4-3-5-19(8-11)10(2)20/h6-7,11H,3-5,8H2,1-2H3/t11-/m0/s1. The van der Waals surface area contributed by atoms with E-state index >= 15 is 0 Å². The largest absolute Gasteiger partial charge is 0.420 e. The van der Waals surface area contributed by atoms with Crippen LogP contribution >= 0.6 is 0 Å². The summed E-state index contributed by atoms with van der Waals surface area (Å²) < 4.78 is 5.74. The first-order valence-electron chi connectivity index (χ1n) is 7.01. The number of carbonyl (C=O) groups excluding carboxylic acids is 1. The van der Waals surface area contributed by atoms with Crippen LogP contribution in [0.5, 0.6) is 0 Å². The summed E-state index contributed by atoms with van der Waals surface area (Å²) in [6.45, 7) is 4.85. The molecule has 0 aliphatic carbocycles. The van der Waals surface area contributed by atoms with E-state index in [0.717, 1.165) is 19.4 Å². The molecule has 1 amide bonds. The highest BCUT2D eigenvalue weighted by Crippen LogP contribution is 2.28. The van der Waals surface area contributed by atoms with E-state index in [4.69, 9.17) is 4.42 Å². The first kappa shape index (κ1) is 13.7. The van der Waals surface area contributed by atoms with Crippen molar-refractivity contribution in [2.75, 3.05) is 13.1 Å². The molecule has 110 valence electrons. The Bertz CT molecular complexity index is 637. The Morgan fingerprint density at radius 1 is 1.33 bits per heavy atom. The van der Waals surface area contributed by atoms with Gasteiger partial charge in [-0.05, 0) is 19.8 Å². The Balaban J connectivity index is 1.78. The van der Waals surface area contributed by atoms with Crippen molar-refractivity contribution in [3.05, 3.63) is 24.1 Å². The van der Waals surface area contributed by atoms with E-state index in [9.17, 15) is 4.79 Å². The summed E-state index contributed by atoms with van der Waals surface area (Å²) in [6, 6.07) is 0. The molecule has 1 aliphatic heterocycles. The van der Waals surface area contributed by atoms with Gasteiger partial charge in [0.15, 0.2) is 0 Å². The van der Waals surface area contributed by atoms with Crippen LogP contribution in [-0.2, 0) is 4.79 Å². The molecule has 0 spiro atoms. The van der Waals surface area contributed by atoms with Crippen LogP contribution < -0.4 is 0 Å². The molecule has 1 saturated heterocycles. The van der Waals surface area contributed by atoms with E-state index in [1.165, 1.54) is 0 Å². The number of hydrogen-bond donors (Lipinski definition) is 0. The normalized spacial score (nSPS) is 18.8. The third kappa shape index (κ3) is 2.91. The lowest BCUT2D eigenvalue weighted by Crippen LogP contribution is -2.37. The van der Waals surface area contributed by atoms with Gasteiger partial charge >= 0.3 is 0 Å². The predicted molar refractivity (Wildman–Crippen MR) is 74.3 cm³/mol. The molecule has 2 aromatic rings. The first-order valence-corrected chi connectivity index (χ1v) is 7.01. The van der Waals surface area contributed by atoms with Crippen molar-refractivity contribution < 1.29 is 9.21 Å². The van der Waals surface area contributed by atoms with Gasteiger partial charge in [-0.1, -0.05) is 0 Å². The van der Waals surface area contributed by atoms with Gasteiger partial charge in [-0.3, -0.25) is 4.79 Å². The van der Waals surface area contributed by atoms with Gasteiger partial charge in [0, 0.05) is 32.4 Å². The van der Waals surface area contributed by atoms with Crippen molar-refractivity contribution in [1.29, 1.82) is 0 Å². The molecule has 0 aromatic carbocycles. The van der Waals surface area contributed by atoms with E-state index in [1.807, 2.05) is 11.8 Å². The van der Waals surface area contributed by atoms with Gasteiger partial charge in [-0.2, -0.15) is 0 Å². The molecule has 1 atom stereocenters. The highest BCUT2D eigenvalue weighted by Gasteiger charge is 2.27. The maximum atomic E-state index is 11.5. The lowest BCUT2D eigenvalue weighted by Gasteiger charge is -2.30. The Morgan fingerprint density at radius 3 is 2.81 bits per heavy atom. The second kappa shape index (κ2) is 5.59. The van der Waals surface area contributed by atoms with Gasteiger partial charge < -0.3 is 9.32 Å². The summed E-state index contributed by atoms with van der Waals surface area (Å²) in [5, 5.41) is 8.18. The molecule has 1 aliphatic rings. The van der Waals surface area contributed by atoms with Crippen molar-refractivity contribution in [3.63, 3.8) is 0 Å². The number of likely N-dealkylation sites (tertiary alicyclic amines) is 1. The second-order valence-electron chi connectivity index (χ2n) is 5.27. The van der Waals surface area contributed by atoms with Gasteiger partial charge in [0.25, 0.3) is 5.89 Å². The Hall–Kier alpha value is -2.31. The van der Waals surface area contributed by atoms with Gasteiger partial charge in [0.1, 0.15) is 5.82 Å². The zero-order valence-electron chi connectivity index (χ0n) is 12.1. The van der Waals surface area contributed by atoms with E-state index < -0.39 is 0 Å². The molecule has 3 rings (SSSR count). The minimum atomic E-state index is 0.0892. The van der Waals surface area contributed by atoms with Crippen LogP contribution in [0, 0.1) is 6.92 Å². The fourth-order valence-electron chi connectivity index (χ4n) is 2.48. The molecule has 1 fully saturated rings. The lowest BCUT2D eigenvalue weighted by molar-refractivity contribution is -0.130. The number of nitrogens with zero attached hydrogens (tertiary/aromatic N) is 5. The molecule has 21 heavy (non-hydrogen) atoms. The van der Waals surface area contributed by atoms with Crippen molar-refractivity contribution in [1.82, 2.24) is 25.1 Å². The third-order valence-electron chi connectivity index (χ3n) is 3.68. The van der Waals surface area contributed by atoms with Crippen molar-refractivity contribution >= 4 is 5.91 Å². The van der Waals surface area contributed by atoms with E-state index in [2.05, 4.69) is 20.2 Å². The zero-order chi connectivity index (χ0) is 14.8. The Kier molecular flexibility index (Phi) is 3.64. The molecule has 0 radical (unpaired) electrons. The average Bonchev–Trinajstić information content (AvgIpc) is 2.98. The summed E-state index contributed by atoms with van der Waals surface area (Å²) in [4.78, 5) is 21.5. The Morgan fingerprint density at radius 2 is 2.10 bits per heavy atom. The number of amides is 1. The fourth-order valence-corrected chi connectivity index (χ4v) is 2.48. The van der Waals surface area contributed by atoms with Crippen molar-refractivity contribution in [2.24, 2.45) is 0 Å². The molecule has 0 saturated carbocycles. The fraction of sp³-hybridized carbons (Fsp3) is 0.500. The number of carbonyl (C=O) groups is 1. The molecular formula is C14H17N5O2. The topological polar surface area (TPSA) is 85.0 Å². The maximum absolute atomic E-state index is 11.5. The number of aryl methyl sites for hydroxylation is 1. The van der Waals surface area contributed by atoms with Crippen LogP contribution in [-0.4, -0.2) is 44.1 Å². The van der Waals surface area contributed by atoms with Crippen LogP contribution in [0.25, 0.3) is 11.5 Å². The van der Waals surface area contributed by atoms with Crippen LogP contribution in [0.15, 0.2) is 16.8 Å². The molecule has 7 nitrogen and oxygen atoms in total. The number of aromatic nitrogens is 4. The molecule has 0 bridgehead atoms. The van der Waals surface area contributed by atoms with E-state index in [-0.39, 0.29) is 11.8 Å². The quantitative estimate of drug-likeness (QED) is 0.833. The third-order valence-corrected chi connectivity index (χ3v) is 3.68. The highest BCUT2D eigenvalue weighted by atomic mass is 16.4. The van der Waals surface area contributed by atoms with E-state index in [0.29, 0.717) is 29.7 Å². The summed E-state index contributed by atoms with van der Waals surface area (Å²) in [5.74, 6) is 1.89. The summed E-state index contributed by atoms with van der Waals surface area (Å²) in [5.41, 5.74) is 0.707. The number of hydrogen-bond acceptors (Lipinski definition) is 6. The molecule has 2 aromatic heterocycles. The smallest absolute Gasteiger partial charge is 0.250 e. The molecule has 3 heterocycles. The average molecular weight is 287 g/mol. The van der Waals surface area contributed by atoms with Gasteiger partial charge in [-0.15, -0.1) is 10.2 Å². The van der Waals surface area contributed by atoms with E-state index in [1.54, 1.807) is 19.3 Å². The Labute approximate surface area is 122 Å². The SMILES string of the molecule is CC(=O)N1CCC[C@H](c2nnc(-c3cnc(C)nc3)o2)C1. The van der Waals surface area contributed by atoms with Crippen molar-refractivity contribution in [2.45, 2.75) is 32.6 Å². The monoisotopic (exact) mass is 287 g/mol. The van der Waals surface area contributed by atoms with Crippen LogP contribution in [0.2, 0.25) is 0 Å². The molecule has 0 N–H and O–H groups in total. The van der Waals surface area contributed by atoms with Crippen LogP contribution in [0.3, 0.4) is 0 Å². The molecule has 0 unspecified atom stereocenters. The first-order chi connectivity index (χ1) is 10.1.